The van der Waals surface area contributed by atoms with E-state index in [4.69, 9.17) is 4.74 Å². The first kappa shape index (κ1) is 17.5. The van der Waals surface area contributed by atoms with Gasteiger partial charge in [0.05, 0.1) is 0 Å². The highest BCUT2D eigenvalue weighted by Crippen LogP contribution is 2.13. The number of rotatable bonds is 10. The Morgan fingerprint density at radius 2 is 1.28 bits per heavy atom. The van der Waals surface area contributed by atoms with Gasteiger partial charge in [-0.25, -0.2) is 0 Å². The van der Waals surface area contributed by atoms with E-state index in [1.54, 1.807) is 0 Å². The molecule has 0 amide bonds. The largest absolute Gasteiger partial charge is 0.460 e. The van der Waals surface area contributed by atoms with E-state index in [1.807, 2.05) is 20.8 Å². The van der Waals surface area contributed by atoms with Gasteiger partial charge < -0.3 is 4.74 Å². The van der Waals surface area contributed by atoms with Crippen molar-refractivity contribution < 1.29 is 9.53 Å². The molecular formula is C16H32O2. The molecule has 2 nitrogen and oxygen atoms in total. The van der Waals surface area contributed by atoms with E-state index in [-0.39, 0.29) is 11.6 Å². The van der Waals surface area contributed by atoms with Crippen molar-refractivity contribution in [1.82, 2.24) is 0 Å². The summed E-state index contributed by atoms with van der Waals surface area (Å²) in [5, 5.41) is 0. The lowest BCUT2D eigenvalue weighted by Gasteiger charge is -2.19. The predicted octanol–water partition coefficient (Wildman–Crippen LogP) is 5.25. The molecule has 0 aliphatic rings. The van der Waals surface area contributed by atoms with Gasteiger partial charge in [0.2, 0.25) is 0 Å². The molecule has 0 aliphatic heterocycles. The molecule has 0 aliphatic carbocycles. The molecule has 0 atom stereocenters. The van der Waals surface area contributed by atoms with Crippen LogP contribution >= 0.6 is 0 Å². The van der Waals surface area contributed by atoms with Crippen molar-refractivity contribution in [2.45, 2.75) is 97.5 Å². The van der Waals surface area contributed by atoms with Gasteiger partial charge in [-0.1, -0.05) is 58.3 Å². The summed E-state index contributed by atoms with van der Waals surface area (Å²) in [5.74, 6) is -0.0505. The van der Waals surface area contributed by atoms with Crippen LogP contribution in [0.1, 0.15) is 91.9 Å². The monoisotopic (exact) mass is 255 g/mol. The van der Waals surface area contributed by atoms with Gasteiger partial charge in [-0.15, -0.1) is 0 Å². The zero-order valence-corrected chi connectivity index (χ0v) is 12.9. The average Bonchev–Trinajstić information content (AvgIpc) is 2.24. The van der Waals surface area contributed by atoms with Gasteiger partial charge in [0.25, 0.3) is 0 Å². The minimum Gasteiger partial charge on any atom is -0.460 e. The fourth-order valence-corrected chi connectivity index (χ4v) is 1.97. The minimum atomic E-state index is -0.337. The second-order valence-corrected chi connectivity index (χ2v) is 6.16. The topological polar surface area (TPSA) is 26.3 Å². The molecule has 0 saturated heterocycles. The third-order valence-corrected chi connectivity index (χ3v) is 2.90. The Kier molecular flexibility index (Phi) is 10.1. The first-order valence-electron chi connectivity index (χ1n) is 7.67. The molecule has 0 unspecified atom stereocenters. The van der Waals surface area contributed by atoms with Crippen LogP contribution < -0.4 is 0 Å². The molecule has 0 saturated carbocycles. The van der Waals surface area contributed by atoms with E-state index in [0.29, 0.717) is 6.42 Å². The lowest BCUT2D eigenvalue weighted by molar-refractivity contribution is -0.154. The summed E-state index contributed by atoms with van der Waals surface area (Å²) in [6.45, 7) is 8.00. The van der Waals surface area contributed by atoms with Crippen molar-refractivity contribution in [3.63, 3.8) is 0 Å². The first-order chi connectivity index (χ1) is 8.45. The number of unbranched alkanes of at least 4 members (excludes halogenated alkanes) is 8. The SMILES string of the molecule is CC(C)(C)OC(=O)CCCCCCCCCC[11CH3]. The maximum Gasteiger partial charge on any atom is 0.306 e. The molecule has 0 spiro atoms. The molecule has 0 heterocycles. The van der Waals surface area contributed by atoms with E-state index < -0.39 is 0 Å². The molecule has 0 fully saturated rings. The normalized spacial score (nSPS) is 11.6. The summed E-state index contributed by atoms with van der Waals surface area (Å²) in [5.41, 5.74) is -0.337. The zero-order valence-electron chi connectivity index (χ0n) is 12.9. The maximum atomic E-state index is 11.4. The molecule has 108 valence electrons. The summed E-state index contributed by atoms with van der Waals surface area (Å²) in [4.78, 5) is 11.4. The Bertz CT molecular complexity index is 204. The van der Waals surface area contributed by atoms with E-state index in [1.165, 1.54) is 44.9 Å². The van der Waals surface area contributed by atoms with Crippen molar-refractivity contribution in [2.75, 3.05) is 0 Å². The van der Waals surface area contributed by atoms with Gasteiger partial charge in [0.1, 0.15) is 5.60 Å². The van der Waals surface area contributed by atoms with E-state index >= 15 is 0 Å². The molecule has 2 heteroatoms. The van der Waals surface area contributed by atoms with Crippen LogP contribution in [-0.2, 0) is 9.53 Å². The molecule has 0 radical (unpaired) electrons. The number of hydrogen-bond acceptors (Lipinski definition) is 2. The van der Waals surface area contributed by atoms with Crippen molar-refractivity contribution in [2.24, 2.45) is 0 Å². The smallest absolute Gasteiger partial charge is 0.306 e. The Hall–Kier alpha value is -0.530. The Labute approximate surface area is 113 Å². The summed E-state index contributed by atoms with van der Waals surface area (Å²) in [6.07, 6.45) is 12.1. The standard InChI is InChI=1S/C16H32O2/c1-5-6-7-8-9-10-11-12-13-14-15(17)18-16(2,3)4/h5-14H2,1-4H3/i1-1. The summed E-state index contributed by atoms with van der Waals surface area (Å²) < 4.78 is 5.27. The number of carbonyl (C=O) groups excluding carboxylic acids is 1. The number of hydrogen-bond donors (Lipinski definition) is 0. The van der Waals surface area contributed by atoms with Gasteiger partial charge in [-0.2, -0.15) is 0 Å². The highest BCUT2D eigenvalue weighted by atomic mass is 16.6. The van der Waals surface area contributed by atoms with Crippen LogP contribution in [0, 0.1) is 0 Å². The maximum absolute atomic E-state index is 11.4. The quantitative estimate of drug-likeness (QED) is 0.394. The second-order valence-electron chi connectivity index (χ2n) is 6.16. The molecular weight excluding hydrogens is 223 g/mol. The van der Waals surface area contributed by atoms with E-state index in [0.717, 1.165) is 12.8 Å². The average molecular weight is 255 g/mol. The number of carbonyl (C=O) groups is 1. The lowest BCUT2D eigenvalue weighted by atomic mass is 10.0. The summed E-state index contributed by atoms with van der Waals surface area (Å²) in [7, 11) is 0. The van der Waals surface area contributed by atoms with Crippen molar-refractivity contribution in [3.05, 3.63) is 0 Å². The van der Waals surface area contributed by atoms with Crippen LogP contribution in [0.4, 0.5) is 0 Å². The predicted molar refractivity (Wildman–Crippen MR) is 77.7 cm³/mol. The molecule has 0 rings (SSSR count). The van der Waals surface area contributed by atoms with Gasteiger partial charge >= 0.3 is 5.97 Å². The van der Waals surface area contributed by atoms with Crippen LogP contribution in [0.15, 0.2) is 0 Å². The Morgan fingerprint density at radius 3 is 1.72 bits per heavy atom. The van der Waals surface area contributed by atoms with Crippen LogP contribution in [0.5, 0.6) is 0 Å². The van der Waals surface area contributed by atoms with Gasteiger partial charge in [0.15, 0.2) is 0 Å². The highest BCUT2D eigenvalue weighted by Gasteiger charge is 2.15. The van der Waals surface area contributed by atoms with Crippen LogP contribution in [0.25, 0.3) is 0 Å². The highest BCUT2D eigenvalue weighted by molar-refractivity contribution is 5.69. The van der Waals surface area contributed by atoms with E-state index in [2.05, 4.69) is 6.92 Å². The second kappa shape index (κ2) is 10.4. The number of esters is 1. The molecule has 0 aromatic rings. The minimum absolute atomic E-state index is 0.0505. The number of ether oxygens (including phenoxy) is 1. The Balaban J connectivity index is 3.23. The van der Waals surface area contributed by atoms with Gasteiger partial charge in [-0.3, -0.25) is 4.79 Å². The van der Waals surface area contributed by atoms with Crippen molar-refractivity contribution in [1.29, 1.82) is 0 Å². The molecule has 0 N–H and O–H groups in total. The Morgan fingerprint density at radius 1 is 0.833 bits per heavy atom. The van der Waals surface area contributed by atoms with Gasteiger partial charge in [0, 0.05) is 6.42 Å². The third-order valence-electron chi connectivity index (χ3n) is 2.90. The molecule has 0 aromatic carbocycles. The lowest BCUT2D eigenvalue weighted by Crippen LogP contribution is -2.23. The third kappa shape index (κ3) is 13.5. The summed E-state index contributed by atoms with van der Waals surface area (Å²) in [6, 6.07) is 0. The van der Waals surface area contributed by atoms with E-state index in [9.17, 15) is 4.79 Å². The van der Waals surface area contributed by atoms with Crippen LogP contribution in [0.3, 0.4) is 0 Å². The fraction of sp³-hybridized carbons (Fsp3) is 0.938. The van der Waals surface area contributed by atoms with Crippen LogP contribution in [0.2, 0.25) is 0 Å². The first-order valence-corrected chi connectivity index (χ1v) is 7.67. The molecule has 18 heavy (non-hydrogen) atoms. The zero-order chi connectivity index (χ0) is 13.9. The van der Waals surface area contributed by atoms with Crippen molar-refractivity contribution in [3.8, 4) is 0 Å². The van der Waals surface area contributed by atoms with Gasteiger partial charge in [-0.05, 0) is 27.2 Å². The van der Waals surface area contributed by atoms with Crippen molar-refractivity contribution >= 4 is 5.97 Å². The molecule has 0 aromatic heterocycles. The summed E-state index contributed by atoms with van der Waals surface area (Å²) >= 11 is 0. The fourth-order valence-electron chi connectivity index (χ4n) is 1.97. The molecule has 0 bridgehead atoms. The van der Waals surface area contributed by atoms with Crippen LogP contribution in [-0.4, -0.2) is 11.6 Å².